The summed E-state index contributed by atoms with van der Waals surface area (Å²) in [5.41, 5.74) is 0.767. The molecule has 0 atom stereocenters. The molecule has 8 nitrogen and oxygen atoms in total. The van der Waals surface area contributed by atoms with Crippen LogP contribution in [-0.2, 0) is 7.05 Å². The summed E-state index contributed by atoms with van der Waals surface area (Å²) in [5.74, 6) is -0.162. The summed E-state index contributed by atoms with van der Waals surface area (Å²) in [5, 5.41) is 17.8. The topological polar surface area (TPSA) is 99.3 Å². The largest absolute Gasteiger partial charge is 0.496 e. The molecule has 0 aliphatic carbocycles. The number of aryl methyl sites for hydroxylation is 2. The van der Waals surface area contributed by atoms with E-state index in [1.165, 1.54) is 30.0 Å². The Morgan fingerprint density at radius 2 is 2.18 bits per heavy atom. The Labute approximate surface area is 134 Å². The quantitative estimate of drug-likeness (QED) is 0.660. The fourth-order valence-electron chi connectivity index (χ4n) is 1.96. The van der Waals surface area contributed by atoms with Crippen molar-refractivity contribution in [1.82, 2.24) is 9.78 Å². The van der Waals surface area contributed by atoms with Crippen molar-refractivity contribution in [1.29, 1.82) is 0 Å². The second kappa shape index (κ2) is 6.14. The number of aromatic nitrogens is 2. The second-order valence-corrected chi connectivity index (χ2v) is 5.26. The minimum absolute atomic E-state index is 0.0848. The van der Waals surface area contributed by atoms with Crippen molar-refractivity contribution < 1.29 is 14.5 Å². The number of halogens is 1. The van der Waals surface area contributed by atoms with E-state index in [4.69, 9.17) is 4.74 Å². The lowest BCUT2D eigenvalue weighted by molar-refractivity contribution is -0.384. The van der Waals surface area contributed by atoms with Crippen LogP contribution >= 0.6 is 15.9 Å². The van der Waals surface area contributed by atoms with Crippen LogP contribution < -0.4 is 10.1 Å². The molecule has 1 heterocycles. The molecule has 0 radical (unpaired) electrons. The molecular weight excluding hydrogens is 356 g/mol. The summed E-state index contributed by atoms with van der Waals surface area (Å²) in [7, 11) is 3.03. The van der Waals surface area contributed by atoms with Crippen LogP contribution in [0.2, 0.25) is 0 Å². The number of amides is 1. The summed E-state index contributed by atoms with van der Waals surface area (Å²) in [6.07, 6.45) is 0. The molecule has 0 aliphatic heterocycles. The lowest BCUT2D eigenvalue weighted by Crippen LogP contribution is -2.17. The number of hydrogen-bond acceptors (Lipinski definition) is 5. The third kappa shape index (κ3) is 2.93. The van der Waals surface area contributed by atoms with Crippen molar-refractivity contribution in [2.45, 2.75) is 6.92 Å². The van der Waals surface area contributed by atoms with E-state index in [0.717, 1.165) is 0 Å². The van der Waals surface area contributed by atoms with Gasteiger partial charge in [-0.1, -0.05) is 0 Å². The van der Waals surface area contributed by atoms with Gasteiger partial charge in [-0.15, -0.1) is 0 Å². The van der Waals surface area contributed by atoms with Crippen molar-refractivity contribution in [2.75, 3.05) is 12.4 Å². The Morgan fingerprint density at radius 3 is 2.68 bits per heavy atom. The summed E-state index contributed by atoms with van der Waals surface area (Å²) < 4.78 is 6.90. The molecule has 2 aromatic rings. The molecule has 0 unspecified atom stereocenters. The average Bonchev–Trinajstić information content (AvgIpc) is 2.72. The third-order valence-electron chi connectivity index (χ3n) is 3.01. The molecule has 116 valence electrons. The Balaban J connectivity index is 2.38. The summed E-state index contributed by atoms with van der Waals surface area (Å²) >= 11 is 3.29. The maximum absolute atomic E-state index is 12.3. The maximum Gasteiger partial charge on any atom is 0.296 e. The van der Waals surface area contributed by atoms with Crippen molar-refractivity contribution >= 4 is 33.2 Å². The number of benzene rings is 1. The van der Waals surface area contributed by atoms with E-state index in [9.17, 15) is 14.9 Å². The number of hydrogen-bond donors (Lipinski definition) is 1. The van der Waals surface area contributed by atoms with Crippen LogP contribution in [0, 0.1) is 17.0 Å². The highest BCUT2D eigenvalue weighted by molar-refractivity contribution is 9.10. The van der Waals surface area contributed by atoms with E-state index in [1.807, 2.05) is 0 Å². The lowest BCUT2D eigenvalue weighted by Gasteiger charge is -2.08. The van der Waals surface area contributed by atoms with Crippen molar-refractivity contribution in [3.63, 3.8) is 0 Å². The van der Waals surface area contributed by atoms with Crippen molar-refractivity contribution in [3.05, 3.63) is 44.2 Å². The first-order valence-corrected chi connectivity index (χ1v) is 6.97. The molecule has 1 aromatic carbocycles. The Kier molecular flexibility index (Phi) is 4.45. The van der Waals surface area contributed by atoms with Gasteiger partial charge in [-0.3, -0.25) is 19.6 Å². The van der Waals surface area contributed by atoms with Gasteiger partial charge in [-0.05, 0) is 35.0 Å². The van der Waals surface area contributed by atoms with Crippen LogP contribution in [0.5, 0.6) is 5.75 Å². The molecule has 0 aliphatic rings. The molecule has 1 N–H and O–H groups in total. The van der Waals surface area contributed by atoms with Gasteiger partial charge in [0.2, 0.25) is 0 Å². The molecule has 2 rings (SSSR count). The SMILES string of the molecule is COc1ccc(NC(=O)c2c(Br)c(C)nn2C)c([N+](=O)[O-])c1. The molecule has 9 heteroatoms. The molecule has 0 fully saturated rings. The normalized spacial score (nSPS) is 10.4. The van der Waals surface area contributed by atoms with Crippen molar-refractivity contribution in [2.24, 2.45) is 7.05 Å². The summed E-state index contributed by atoms with van der Waals surface area (Å²) in [6, 6.07) is 4.21. The van der Waals surface area contributed by atoms with Crippen LogP contribution in [-0.4, -0.2) is 27.7 Å². The zero-order valence-electron chi connectivity index (χ0n) is 12.1. The number of nitro benzene ring substituents is 1. The van der Waals surface area contributed by atoms with Crippen LogP contribution in [0.1, 0.15) is 16.2 Å². The van der Waals surface area contributed by atoms with Gasteiger partial charge in [0, 0.05) is 7.05 Å². The Hall–Kier alpha value is -2.42. The molecule has 1 aromatic heterocycles. The maximum atomic E-state index is 12.3. The van der Waals surface area contributed by atoms with Crippen LogP contribution in [0.4, 0.5) is 11.4 Å². The van der Waals surface area contributed by atoms with Gasteiger partial charge in [0.25, 0.3) is 11.6 Å². The number of carbonyl (C=O) groups excluding carboxylic acids is 1. The molecule has 0 saturated carbocycles. The van der Waals surface area contributed by atoms with Crippen LogP contribution in [0.3, 0.4) is 0 Å². The van der Waals surface area contributed by atoms with E-state index in [1.54, 1.807) is 14.0 Å². The number of nitrogens with one attached hydrogen (secondary N) is 1. The standard InChI is InChI=1S/C13H13BrN4O4/c1-7-11(14)12(17(2)16-7)13(19)15-9-5-4-8(22-3)6-10(9)18(20)21/h4-6H,1-3H3,(H,15,19). The molecule has 0 saturated heterocycles. The number of carbonyl (C=O) groups is 1. The first-order valence-electron chi connectivity index (χ1n) is 6.18. The molecule has 0 spiro atoms. The molecule has 22 heavy (non-hydrogen) atoms. The highest BCUT2D eigenvalue weighted by atomic mass is 79.9. The number of rotatable bonds is 4. The third-order valence-corrected chi connectivity index (χ3v) is 3.96. The van der Waals surface area contributed by atoms with E-state index < -0.39 is 10.8 Å². The highest BCUT2D eigenvalue weighted by Crippen LogP contribution is 2.30. The Bertz CT molecular complexity index is 757. The number of methoxy groups -OCH3 is 1. The van der Waals surface area contributed by atoms with E-state index in [0.29, 0.717) is 15.9 Å². The fourth-order valence-corrected chi connectivity index (χ4v) is 2.47. The number of ether oxygens (including phenoxy) is 1. The van der Waals surface area contributed by atoms with Gasteiger partial charge in [0.05, 0.1) is 28.3 Å². The minimum Gasteiger partial charge on any atom is -0.496 e. The van der Waals surface area contributed by atoms with Crippen LogP contribution in [0.25, 0.3) is 0 Å². The van der Waals surface area contributed by atoms with Gasteiger partial charge in [-0.2, -0.15) is 5.10 Å². The summed E-state index contributed by atoms with van der Waals surface area (Å²) in [6.45, 7) is 1.75. The first-order chi connectivity index (χ1) is 10.3. The minimum atomic E-state index is -0.582. The van der Waals surface area contributed by atoms with Crippen molar-refractivity contribution in [3.8, 4) is 5.75 Å². The number of anilines is 1. The Morgan fingerprint density at radius 1 is 1.50 bits per heavy atom. The molecule has 0 bridgehead atoms. The summed E-state index contributed by atoms with van der Waals surface area (Å²) in [4.78, 5) is 22.9. The zero-order chi connectivity index (χ0) is 16.4. The molecular formula is C13H13BrN4O4. The van der Waals surface area contributed by atoms with Gasteiger partial charge in [0.15, 0.2) is 0 Å². The smallest absolute Gasteiger partial charge is 0.296 e. The van der Waals surface area contributed by atoms with E-state index in [-0.39, 0.29) is 17.1 Å². The predicted molar refractivity (Wildman–Crippen MR) is 83.2 cm³/mol. The first kappa shape index (κ1) is 16.0. The lowest BCUT2D eigenvalue weighted by atomic mass is 10.2. The van der Waals surface area contributed by atoms with Gasteiger partial charge in [0.1, 0.15) is 17.1 Å². The van der Waals surface area contributed by atoms with Crippen LogP contribution in [0.15, 0.2) is 22.7 Å². The van der Waals surface area contributed by atoms with E-state index in [2.05, 4.69) is 26.3 Å². The number of nitro groups is 1. The predicted octanol–water partition coefficient (Wildman–Crippen LogP) is 2.66. The highest BCUT2D eigenvalue weighted by Gasteiger charge is 2.22. The zero-order valence-corrected chi connectivity index (χ0v) is 13.7. The monoisotopic (exact) mass is 368 g/mol. The average molecular weight is 369 g/mol. The second-order valence-electron chi connectivity index (χ2n) is 4.47. The van der Waals surface area contributed by atoms with Gasteiger partial charge in [-0.25, -0.2) is 0 Å². The molecule has 1 amide bonds. The van der Waals surface area contributed by atoms with Gasteiger partial charge < -0.3 is 10.1 Å². The van der Waals surface area contributed by atoms with Gasteiger partial charge >= 0.3 is 0 Å². The van der Waals surface area contributed by atoms with E-state index >= 15 is 0 Å². The fraction of sp³-hybridized carbons (Fsp3) is 0.231. The number of nitrogens with zero attached hydrogens (tertiary/aromatic N) is 3.